The quantitative estimate of drug-likeness (QED) is 0.410. The standard InChI is InChI=1S/C24H21N3O6/c1-15-3-7-20(8-4-15)32-21-12-17(11-18(13-21)27(29)30)25-24(28)23-14-22(26-33-23)16-5-9-19(31-2)10-6-16/h3-13,23H,14H2,1-2H3,(H,25,28). The summed E-state index contributed by atoms with van der Waals surface area (Å²) in [5, 5.41) is 18.1. The van der Waals surface area contributed by atoms with Crippen molar-refractivity contribution in [3.05, 3.63) is 88.0 Å². The lowest BCUT2D eigenvalue weighted by Crippen LogP contribution is -2.28. The van der Waals surface area contributed by atoms with Gasteiger partial charge in [0.1, 0.15) is 17.2 Å². The number of non-ortho nitro benzene ring substituents is 1. The number of nitro groups is 1. The van der Waals surface area contributed by atoms with Crippen LogP contribution in [0.15, 0.2) is 71.9 Å². The Morgan fingerprint density at radius 2 is 1.76 bits per heavy atom. The Kier molecular flexibility index (Phi) is 6.21. The van der Waals surface area contributed by atoms with Crippen molar-refractivity contribution in [1.82, 2.24) is 0 Å². The van der Waals surface area contributed by atoms with E-state index in [1.165, 1.54) is 18.2 Å². The molecular formula is C24H21N3O6. The Morgan fingerprint density at radius 1 is 1.06 bits per heavy atom. The second kappa shape index (κ2) is 9.39. The number of rotatable bonds is 7. The molecule has 0 bridgehead atoms. The summed E-state index contributed by atoms with van der Waals surface area (Å²) in [7, 11) is 1.58. The molecule has 9 nitrogen and oxygen atoms in total. The van der Waals surface area contributed by atoms with Crippen molar-refractivity contribution in [2.75, 3.05) is 12.4 Å². The predicted molar refractivity (Wildman–Crippen MR) is 122 cm³/mol. The third-order valence-corrected chi connectivity index (χ3v) is 5.01. The molecule has 1 aliphatic heterocycles. The zero-order chi connectivity index (χ0) is 23.4. The van der Waals surface area contributed by atoms with Gasteiger partial charge in [0, 0.05) is 18.6 Å². The molecule has 0 aromatic heterocycles. The number of amides is 1. The fourth-order valence-electron chi connectivity index (χ4n) is 3.26. The zero-order valence-corrected chi connectivity index (χ0v) is 18.0. The second-order valence-corrected chi connectivity index (χ2v) is 7.44. The van der Waals surface area contributed by atoms with Crippen LogP contribution in [0.1, 0.15) is 17.5 Å². The van der Waals surface area contributed by atoms with Gasteiger partial charge in [0.2, 0.25) is 6.10 Å². The largest absolute Gasteiger partial charge is 0.497 e. The van der Waals surface area contributed by atoms with Crippen molar-refractivity contribution in [3.63, 3.8) is 0 Å². The fraction of sp³-hybridized carbons (Fsp3) is 0.167. The molecule has 3 aromatic carbocycles. The van der Waals surface area contributed by atoms with E-state index in [2.05, 4.69) is 10.5 Å². The summed E-state index contributed by atoms with van der Waals surface area (Å²) in [6.07, 6.45) is -0.595. The molecular weight excluding hydrogens is 426 g/mol. The summed E-state index contributed by atoms with van der Waals surface area (Å²) in [6.45, 7) is 1.94. The van der Waals surface area contributed by atoms with E-state index in [-0.39, 0.29) is 23.5 Å². The maximum Gasteiger partial charge on any atom is 0.275 e. The van der Waals surface area contributed by atoms with Crippen LogP contribution in [0.5, 0.6) is 17.2 Å². The molecule has 0 saturated heterocycles. The van der Waals surface area contributed by atoms with Crippen molar-refractivity contribution in [3.8, 4) is 17.2 Å². The van der Waals surface area contributed by atoms with Gasteiger partial charge in [-0.15, -0.1) is 0 Å². The Balaban J connectivity index is 1.46. The molecule has 1 heterocycles. The number of anilines is 1. The van der Waals surface area contributed by atoms with Gasteiger partial charge in [0.05, 0.1) is 29.5 Å². The van der Waals surface area contributed by atoms with E-state index in [1.807, 2.05) is 31.2 Å². The molecule has 1 N–H and O–H groups in total. The Morgan fingerprint density at radius 3 is 2.42 bits per heavy atom. The maximum atomic E-state index is 12.7. The van der Waals surface area contributed by atoms with Gasteiger partial charge in [-0.05, 0) is 48.9 Å². The molecule has 1 aliphatic rings. The molecule has 0 radical (unpaired) electrons. The fourth-order valence-corrected chi connectivity index (χ4v) is 3.26. The van der Waals surface area contributed by atoms with E-state index in [9.17, 15) is 14.9 Å². The molecule has 1 atom stereocenters. The second-order valence-electron chi connectivity index (χ2n) is 7.44. The van der Waals surface area contributed by atoms with Gasteiger partial charge >= 0.3 is 0 Å². The molecule has 1 unspecified atom stereocenters. The first kappa shape index (κ1) is 21.8. The van der Waals surface area contributed by atoms with E-state index in [1.54, 1.807) is 31.4 Å². The summed E-state index contributed by atoms with van der Waals surface area (Å²) in [5.41, 5.74) is 2.51. The average Bonchev–Trinajstić information content (AvgIpc) is 3.31. The molecule has 0 saturated carbocycles. The number of ether oxygens (including phenoxy) is 2. The van der Waals surface area contributed by atoms with Gasteiger partial charge in [-0.1, -0.05) is 22.9 Å². The topological polar surface area (TPSA) is 112 Å². The molecule has 0 spiro atoms. The maximum absolute atomic E-state index is 12.7. The highest BCUT2D eigenvalue weighted by Crippen LogP contribution is 2.30. The highest BCUT2D eigenvalue weighted by Gasteiger charge is 2.29. The van der Waals surface area contributed by atoms with Crippen molar-refractivity contribution in [2.45, 2.75) is 19.4 Å². The Hall–Kier alpha value is -4.40. The summed E-state index contributed by atoms with van der Waals surface area (Å²) in [4.78, 5) is 28.9. The van der Waals surface area contributed by atoms with Gasteiger partial charge in [0.15, 0.2) is 0 Å². The Bertz CT molecular complexity index is 1210. The first-order chi connectivity index (χ1) is 15.9. The monoisotopic (exact) mass is 447 g/mol. The van der Waals surface area contributed by atoms with Crippen LogP contribution in [0.2, 0.25) is 0 Å². The number of benzene rings is 3. The molecule has 4 rings (SSSR count). The van der Waals surface area contributed by atoms with Gasteiger partial charge in [-0.3, -0.25) is 14.9 Å². The lowest BCUT2D eigenvalue weighted by molar-refractivity contribution is -0.384. The number of oxime groups is 1. The minimum atomic E-state index is -0.858. The smallest absolute Gasteiger partial charge is 0.275 e. The van der Waals surface area contributed by atoms with E-state index in [0.717, 1.165) is 11.1 Å². The van der Waals surface area contributed by atoms with E-state index < -0.39 is 16.9 Å². The van der Waals surface area contributed by atoms with Crippen molar-refractivity contribution < 1.29 is 24.0 Å². The molecule has 168 valence electrons. The first-order valence-electron chi connectivity index (χ1n) is 10.1. The minimum Gasteiger partial charge on any atom is -0.497 e. The SMILES string of the molecule is COc1ccc(C2=NOC(C(=O)Nc3cc(Oc4ccc(C)cc4)cc([N+](=O)[O-])c3)C2)cc1. The van der Waals surface area contributed by atoms with Crippen LogP contribution in [0, 0.1) is 17.0 Å². The van der Waals surface area contributed by atoms with Crippen molar-refractivity contribution >= 4 is 23.0 Å². The third-order valence-electron chi connectivity index (χ3n) is 5.01. The van der Waals surface area contributed by atoms with E-state index in [4.69, 9.17) is 14.3 Å². The number of nitrogens with one attached hydrogen (secondary N) is 1. The van der Waals surface area contributed by atoms with E-state index in [0.29, 0.717) is 17.2 Å². The van der Waals surface area contributed by atoms with E-state index >= 15 is 0 Å². The lowest BCUT2D eigenvalue weighted by atomic mass is 10.0. The van der Waals surface area contributed by atoms with Crippen LogP contribution in [0.4, 0.5) is 11.4 Å². The number of hydrogen-bond acceptors (Lipinski definition) is 7. The average molecular weight is 447 g/mol. The van der Waals surface area contributed by atoms with Gasteiger partial charge in [0.25, 0.3) is 11.6 Å². The zero-order valence-electron chi connectivity index (χ0n) is 18.0. The van der Waals surface area contributed by atoms with Gasteiger partial charge in [-0.2, -0.15) is 0 Å². The third kappa shape index (κ3) is 5.27. The highest BCUT2D eigenvalue weighted by molar-refractivity contribution is 6.06. The van der Waals surface area contributed by atoms with Crippen LogP contribution >= 0.6 is 0 Å². The van der Waals surface area contributed by atoms with Crippen LogP contribution in [-0.2, 0) is 9.63 Å². The lowest BCUT2D eigenvalue weighted by Gasteiger charge is -2.12. The van der Waals surface area contributed by atoms with Crippen LogP contribution < -0.4 is 14.8 Å². The first-order valence-corrected chi connectivity index (χ1v) is 10.1. The summed E-state index contributed by atoms with van der Waals surface area (Å²) in [5.74, 6) is 0.992. The molecule has 9 heteroatoms. The minimum absolute atomic E-state index is 0.211. The number of nitrogens with zero attached hydrogens (tertiary/aromatic N) is 2. The normalized spacial score (nSPS) is 14.7. The summed E-state index contributed by atoms with van der Waals surface area (Å²) >= 11 is 0. The summed E-state index contributed by atoms with van der Waals surface area (Å²) in [6, 6.07) is 18.6. The van der Waals surface area contributed by atoms with Crippen LogP contribution in [-0.4, -0.2) is 29.8 Å². The molecule has 1 amide bonds. The van der Waals surface area contributed by atoms with Gasteiger partial charge < -0.3 is 19.6 Å². The highest BCUT2D eigenvalue weighted by atomic mass is 16.6. The number of nitro benzene ring substituents is 1. The molecule has 0 aliphatic carbocycles. The number of carbonyl (C=O) groups is 1. The Labute approximate surface area is 189 Å². The number of methoxy groups -OCH3 is 1. The summed E-state index contributed by atoms with van der Waals surface area (Å²) < 4.78 is 10.9. The molecule has 3 aromatic rings. The number of aryl methyl sites for hydroxylation is 1. The van der Waals surface area contributed by atoms with Gasteiger partial charge in [-0.25, -0.2) is 0 Å². The van der Waals surface area contributed by atoms with Crippen LogP contribution in [0.3, 0.4) is 0 Å². The van der Waals surface area contributed by atoms with Crippen molar-refractivity contribution in [1.29, 1.82) is 0 Å². The predicted octanol–water partition coefficient (Wildman–Crippen LogP) is 4.84. The molecule has 33 heavy (non-hydrogen) atoms. The van der Waals surface area contributed by atoms with Crippen molar-refractivity contribution in [2.24, 2.45) is 5.16 Å². The molecule has 0 fully saturated rings. The number of carbonyl (C=O) groups excluding carboxylic acids is 1. The number of hydrogen-bond donors (Lipinski definition) is 1. The van der Waals surface area contributed by atoms with Crippen LogP contribution in [0.25, 0.3) is 0 Å².